The first kappa shape index (κ1) is 8.69. The van der Waals surface area contributed by atoms with E-state index in [0.29, 0.717) is 11.7 Å². The summed E-state index contributed by atoms with van der Waals surface area (Å²) in [5.41, 5.74) is 0.965. The van der Waals surface area contributed by atoms with Gasteiger partial charge >= 0.3 is 0 Å². The Morgan fingerprint density at radius 2 is 2.00 bits per heavy atom. The molecule has 0 saturated carbocycles. The zero-order valence-electron chi connectivity index (χ0n) is 7.84. The van der Waals surface area contributed by atoms with Gasteiger partial charge in [0.05, 0.1) is 0 Å². The molecule has 0 unspecified atom stereocenters. The largest absolute Gasteiger partial charge is 0.334 e. The minimum Gasteiger partial charge on any atom is -0.334 e. The van der Waals surface area contributed by atoms with Crippen LogP contribution in [0.5, 0.6) is 0 Å². The molecule has 0 amide bonds. The Hall–Kier alpha value is -1.90. The number of allylic oxidation sites excluding steroid dienone is 1. The fourth-order valence-corrected chi connectivity index (χ4v) is 1.15. The van der Waals surface area contributed by atoms with E-state index in [1.165, 1.54) is 0 Å². The number of hydrogen-bond acceptors (Lipinski definition) is 3. The Bertz CT molecular complexity index is 432. The number of aromatic nitrogens is 2. The van der Waals surface area contributed by atoms with Gasteiger partial charge in [0.15, 0.2) is 0 Å². The minimum atomic E-state index is 0.534. The van der Waals surface area contributed by atoms with Gasteiger partial charge in [0.25, 0.3) is 5.89 Å². The summed E-state index contributed by atoms with van der Waals surface area (Å²) < 4.78 is 5.01. The number of nitrogens with zero attached hydrogens (tertiary/aromatic N) is 2. The van der Waals surface area contributed by atoms with Crippen molar-refractivity contribution in [2.75, 3.05) is 0 Å². The van der Waals surface area contributed by atoms with Crippen molar-refractivity contribution < 1.29 is 4.52 Å². The van der Waals surface area contributed by atoms with Crippen molar-refractivity contribution in [3.63, 3.8) is 0 Å². The number of benzene rings is 1. The topological polar surface area (TPSA) is 38.9 Å². The van der Waals surface area contributed by atoms with Gasteiger partial charge in [-0.1, -0.05) is 41.6 Å². The third-order valence-electron chi connectivity index (χ3n) is 1.78. The summed E-state index contributed by atoms with van der Waals surface area (Å²) in [6, 6.07) is 9.74. The second-order valence-corrected chi connectivity index (χ2v) is 2.82. The molecule has 3 nitrogen and oxygen atoms in total. The second kappa shape index (κ2) is 3.87. The second-order valence-electron chi connectivity index (χ2n) is 2.82. The van der Waals surface area contributed by atoms with Gasteiger partial charge < -0.3 is 4.52 Å². The highest BCUT2D eigenvalue weighted by Gasteiger charge is 2.04. The fraction of sp³-hybridized carbons (Fsp3) is 0.0909. The average molecular weight is 186 g/mol. The molecule has 1 aromatic carbocycles. The molecule has 0 spiro atoms. The summed E-state index contributed by atoms with van der Waals surface area (Å²) >= 11 is 0. The van der Waals surface area contributed by atoms with Gasteiger partial charge in [-0.2, -0.15) is 4.98 Å². The third-order valence-corrected chi connectivity index (χ3v) is 1.78. The summed E-state index contributed by atoms with van der Waals surface area (Å²) in [5.74, 6) is 1.16. The molecule has 0 radical (unpaired) electrons. The van der Waals surface area contributed by atoms with Gasteiger partial charge in [0, 0.05) is 5.56 Å². The van der Waals surface area contributed by atoms with Crippen molar-refractivity contribution in [2.45, 2.75) is 6.92 Å². The quantitative estimate of drug-likeness (QED) is 0.723. The highest BCUT2D eigenvalue weighted by molar-refractivity contribution is 5.55. The standard InChI is InChI=1S/C11H10N2O/c1-2-6-10-12-11(13-14-10)9-7-4-3-5-8-9/h2-8H,1H3/b6-2-. The summed E-state index contributed by atoms with van der Waals surface area (Å²) in [6.45, 7) is 1.91. The molecule has 2 rings (SSSR count). The molecule has 3 heteroatoms. The molecule has 1 aromatic heterocycles. The third kappa shape index (κ3) is 1.71. The van der Waals surface area contributed by atoms with E-state index in [4.69, 9.17) is 4.52 Å². The Balaban J connectivity index is 2.34. The molecular weight excluding hydrogens is 176 g/mol. The molecule has 0 N–H and O–H groups in total. The molecule has 70 valence electrons. The minimum absolute atomic E-state index is 0.534. The van der Waals surface area contributed by atoms with E-state index in [1.807, 2.05) is 43.3 Å². The molecule has 0 aliphatic carbocycles. The number of hydrogen-bond donors (Lipinski definition) is 0. The van der Waals surface area contributed by atoms with E-state index in [-0.39, 0.29) is 0 Å². The smallest absolute Gasteiger partial charge is 0.250 e. The van der Waals surface area contributed by atoms with Crippen LogP contribution in [-0.4, -0.2) is 10.1 Å². The molecule has 0 atom stereocenters. The molecule has 1 heterocycles. The Morgan fingerprint density at radius 1 is 1.21 bits per heavy atom. The maximum absolute atomic E-state index is 5.01. The fourth-order valence-electron chi connectivity index (χ4n) is 1.15. The van der Waals surface area contributed by atoms with Crippen LogP contribution in [-0.2, 0) is 0 Å². The lowest BCUT2D eigenvalue weighted by molar-refractivity contribution is 0.411. The first-order valence-electron chi connectivity index (χ1n) is 4.42. The van der Waals surface area contributed by atoms with E-state index in [2.05, 4.69) is 10.1 Å². The predicted octanol–water partition coefficient (Wildman–Crippen LogP) is 2.77. The van der Waals surface area contributed by atoms with Crippen LogP contribution in [0.1, 0.15) is 12.8 Å². The van der Waals surface area contributed by atoms with Gasteiger partial charge in [-0.05, 0) is 13.0 Å². The van der Waals surface area contributed by atoms with Crippen LogP contribution in [0, 0.1) is 0 Å². The molecule has 0 saturated heterocycles. The maximum atomic E-state index is 5.01. The lowest BCUT2D eigenvalue weighted by atomic mass is 10.2. The van der Waals surface area contributed by atoms with E-state index in [9.17, 15) is 0 Å². The van der Waals surface area contributed by atoms with Crippen molar-refractivity contribution >= 4 is 6.08 Å². The van der Waals surface area contributed by atoms with Crippen molar-refractivity contribution in [1.29, 1.82) is 0 Å². The van der Waals surface area contributed by atoms with Gasteiger partial charge in [-0.15, -0.1) is 0 Å². The lowest BCUT2D eigenvalue weighted by Crippen LogP contribution is -1.78. The molecule has 0 bridgehead atoms. The molecule has 2 aromatic rings. The van der Waals surface area contributed by atoms with Crippen LogP contribution in [0.2, 0.25) is 0 Å². The van der Waals surface area contributed by atoms with Crippen LogP contribution >= 0.6 is 0 Å². The van der Waals surface area contributed by atoms with Crippen LogP contribution in [0.4, 0.5) is 0 Å². The van der Waals surface area contributed by atoms with Gasteiger partial charge in [-0.3, -0.25) is 0 Å². The van der Waals surface area contributed by atoms with Gasteiger partial charge in [-0.25, -0.2) is 0 Å². The molecule has 0 aliphatic rings. The monoisotopic (exact) mass is 186 g/mol. The van der Waals surface area contributed by atoms with Crippen LogP contribution in [0.3, 0.4) is 0 Å². The maximum Gasteiger partial charge on any atom is 0.250 e. The summed E-state index contributed by atoms with van der Waals surface area (Å²) in [4.78, 5) is 4.21. The summed E-state index contributed by atoms with van der Waals surface area (Å²) in [5, 5.41) is 3.87. The number of rotatable bonds is 2. The van der Waals surface area contributed by atoms with Crippen molar-refractivity contribution in [3.8, 4) is 11.4 Å². The highest BCUT2D eigenvalue weighted by Crippen LogP contribution is 2.14. The Morgan fingerprint density at radius 3 is 2.71 bits per heavy atom. The Labute approximate surface area is 82.1 Å². The van der Waals surface area contributed by atoms with Crippen molar-refractivity contribution in [1.82, 2.24) is 10.1 Å². The summed E-state index contributed by atoms with van der Waals surface area (Å²) in [6.07, 6.45) is 3.64. The average Bonchev–Trinajstić information content (AvgIpc) is 2.68. The highest BCUT2D eigenvalue weighted by atomic mass is 16.5. The predicted molar refractivity (Wildman–Crippen MR) is 54.4 cm³/mol. The van der Waals surface area contributed by atoms with Gasteiger partial charge in [0.1, 0.15) is 0 Å². The van der Waals surface area contributed by atoms with E-state index in [0.717, 1.165) is 5.56 Å². The summed E-state index contributed by atoms with van der Waals surface area (Å²) in [7, 11) is 0. The lowest BCUT2D eigenvalue weighted by Gasteiger charge is -1.89. The van der Waals surface area contributed by atoms with Crippen LogP contribution in [0.25, 0.3) is 17.5 Å². The van der Waals surface area contributed by atoms with Gasteiger partial charge in [0.2, 0.25) is 5.82 Å². The van der Waals surface area contributed by atoms with E-state index < -0.39 is 0 Å². The van der Waals surface area contributed by atoms with Crippen molar-refractivity contribution in [3.05, 3.63) is 42.3 Å². The van der Waals surface area contributed by atoms with E-state index >= 15 is 0 Å². The first-order chi connectivity index (χ1) is 6.90. The van der Waals surface area contributed by atoms with Crippen molar-refractivity contribution in [2.24, 2.45) is 0 Å². The zero-order chi connectivity index (χ0) is 9.80. The normalized spacial score (nSPS) is 10.9. The molecular formula is C11H10N2O. The Kier molecular flexibility index (Phi) is 2.40. The first-order valence-corrected chi connectivity index (χ1v) is 4.42. The zero-order valence-corrected chi connectivity index (χ0v) is 7.84. The molecule has 0 fully saturated rings. The molecule has 0 aliphatic heterocycles. The van der Waals surface area contributed by atoms with Crippen LogP contribution in [0.15, 0.2) is 40.9 Å². The van der Waals surface area contributed by atoms with E-state index in [1.54, 1.807) is 6.08 Å². The SMILES string of the molecule is C/C=C\c1nc(-c2ccccc2)no1. The van der Waals surface area contributed by atoms with Crippen LogP contribution < -0.4 is 0 Å². The molecule has 14 heavy (non-hydrogen) atoms.